The Morgan fingerprint density at radius 3 is 2.81 bits per heavy atom. The van der Waals surface area contributed by atoms with E-state index < -0.39 is 4.92 Å². The van der Waals surface area contributed by atoms with Gasteiger partial charge in [-0.05, 0) is 24.3 Å². The normalized spacial score (nSPS) is 10.7. The van der Waals surface area contributed by atoms with Crippen molar-refractivity contribution in [1.29, 1.82) is 0 Å². The molecule has 0 saturated carbocycles. The Hall–Kier alpha value is -2.45. The van der Waals surface area contributed by atoms with Gasteiger partial charge in [0.2, 0.25) is 5.82 Å². The van der Waals surface area contributed by atoms with Crippen LogP contribution in [0.15, 0.2) is 30.3 Å². The standard InChI is InChI=1S/C12H8ClN5O2S/c13-6-1-2-7-9(5-6)21-12(15-7)17-10-4-3-8(18(19)20)11(14)16-10/h1-5H,(H3,14,15,16,17). The molecule has 2 aromatic heterocycles. The number of thiazole rings is 1. The van der Waals surface area contributed by atoms with Crippen LogP contribution in [0, 0.1) is 10.1 Å². The van der Waals surface area contributed by atoms with Crippen molar-refractivity contribution < 1.29 is 4.92 Å². The zero-order valence-electron chi connectivity index (χ0n) is 10.4. The number of nitrogens with zero attached hydrogens (tertiary/aromatic N) is 3. The van der Waals surface area contributed by atoms with Crippen LogP contribution in [0.25, 0.3) is 10.2 Å². The van der Waals surface area contributed by atoms with Crippen molar-refractivity contribution >= 4 is 55.6 Å². The smallest absolute Gasteiger partial charge is 0.311 e. The van der Waals surface area contributed by atoms with Crippen LogP contribution in [0.4, 0.5) is 22.5 Å². The SMILES string of the molecule is Nc1nc(Nc2nc3ccc(Cl)cc3s2)ccc1[N+](=O)[O-]. The fraction of sp³-hybridized carbons (Fsp3) is 0. The van der Waals surface area contributed by atoms with Gasteiger partial charge in [-0.1, -0.05) is 22.9 Å². The molecule has 3 aromatic rings. The minimum absolute atomic E-state index is 0.144. The summed E-state index contributed by atoms with van der Waals surface area (Å²) in [4.78, 5) is 18.4. The first-order valence-electron chi connectivity index (χ1n) is 5.77. The third-order valence-corrected chi connectivity index (χ3v) is 3.85. The predicted octanol–water partition coefficient (Wildman–Crippen LogP) is 3.58. The summed E-state index contributed by atoms with van der Waals surface area (Å²) in [6.45, 7) is 0. The van der Waals surface area contributed by atoms with Crippen LogP contribution in [0.5, 0.6) is 0 Å². The molecule has 9 heteroatoms. The van der Waals surface area contributed by atoms with Gasteiger partial charge in [0, 0.05) is 11.1 Å². The first-order valence-corrected chi connectivity index (χ1v) is 6.96. The summed E-state index contributed by atoms with van der Waals surface area (Å²) in [6, 6.07) is 8.17. The Kier molecular flexibility index (Phi) is 3.32. The topological polar surface area (TPSA) is 107 Å². The third kappa shape index (κ3) is 2.71. The van der Waals surface area contributed by atoms with Crippen molar-refractivity contribution in [2.75, 3.05) is 11.1 Å². The predicted molar refractivity (Wildman–Crippen MR) is 83.2 cm³/mol. The highest BCUT2D eigenvalue weighted by atomic mass is 35.5. The molecule has 0 spiro atoms. The number of hydrogen-bond donors (Lipinski definition) is 2. The lowest BCUT2D eigenvalue weighted by Crippen LogP contribution is -2.01. The number of hydrogen-bond acceptors (Lipinski definition) is 7. The highest BCUT2D eigenvalue weighted by Crippen LogP contribution is 2.30. The van der Waals surface area contributed by atoms with Crippen molar-refractivity contribution in [3.8, 4) is 0 Å². The molecule has 0 amide bonds. The number of nitro groups is 1. The quantitative estimate of drug-likeness (QED) is 0.564. The number of benzene rings is 1. The number of nitrogen functional groups attached to an aromatic ring is 1. The van der Waals surface area contributed by atoms with E-state index in [2.05, 4.69) is 15.3 Å². The molecule has 0 radical (unpaired) electrons. The van der Waals surface area contributed by atoms with Crippen LogP contribution in [-0.2, 0) is 0 Å². The lowest BCUT2D eigenvalue weighted by molar-refractivity contribution is -0.384. The van der Waals surface area contributed by atoms with Gasteiger partial charge >= 0.3 is 5.69 Å². The molecule has 0 aliphatic heterocycles. The number of nitrogens with one attached hydrogen (secondary N) is 1. The Morgan fingerprint density at radius 1 is 1.29 bits per heavy atom. The van der Waals surface area contributed by atoms with Gasteiger partial charge in [-0.25, -0.2) is 9.97 Å². The molecule has 2 heterocycles. The molecule has 0 bridgehead atoms. The van der Waals surface area contributed by atoms with Gasteiger partial charge in [0.05, 0.1) is 15.1 Å². The maximum Gasteiger partial charge on any atom is 0.311 e. The molecular formula is C12H8ClN5O2S. The largest absolute Gasteiger partial charge is 0.378 e. The van der Waals surface area contributed by atoms with Gasteiger partial charge < -0.3 is 11.1 Å². The van der Waals surface area contributed by atoms with Crippen LogP contribution in [0.2, 0.25) is 5.02 Å². The monoisotopic (exact) mass is 321 g/mol. The molecular weight excluding hydrogens is 314 g/mol. The fourth-order valence-electron chi connectivity index (χ4n) is 1.75. The Labute approximate surface area is 127 Å². The van der Waals surface area contributed by atoms with E-state index in [-0.39, 0.29) is 11.5 Å². The average molecular weight is 322 g/mol. The van der Waals surface area contributed by atoms with Crippen molar-refractivity contribution in [2.45, 2.75) is 0 Å². The van der Waals surface area contributed by atoms with Gasteiger partial charge in [0.1, 0.15) is 5.82 Å². The molecule has 7 nitrogen and oxygen atoms in total. The number of nitrogens with two attached hydrogens (primary N) is 1. The summed E-state index contributed by atoms with van der Waals surface area (Å²) in [5.74, 6) is 0.248. The fourth-order valence-corrected chi connectivity index (χ4v) is 2.90. The van der Waals surface area contributed by atoms with Gasteiger partial charge in [-0.3, -0.25) is 10.1 Å². The van der Waals surface area contributed by atoms with E-state index in [1.165, 1.54) is 23.5 Å². The Balaban J connectivity index is 1.91. The van der Waals surface area contributed by atoms with Crippen LogP contribution in [-0.4, -0.2) is 14.9 Å². The van der Waals surface area contributed by atoms with Gasteiger partial charge in [-0.2, -0.15) is 0 Å². The first-order chi connectivity index (χ1) is 10.0. The van der Waals surface area contributed by atoms with Crippen molar-refractivity contribution in [3.05, 3.63) is 45.5 Å². The van der Waals surface area contributed by atoms with E-state index in [1.807, 2.05) is 12.1 Å². The van der Waals surface area contributed by atoms with E-state index in [0.717, 1.165) is 10.2 Å². The molecule has 3 N–H and O–H groups in total. The molecule has 0 atom stereocenters. The summed E-state index contributed by atoms with van der Waals surface area (Å²) in [7, 11) is 0. The van der Waals surface area contributed by atoms with Crippen molar-refractivity contribution in [2.24, 2.45) is 0 Å². The van der Waals surface area contributed by atoms with Crippen LogP contribution in [0.1, 0.15) is 0 Å². The minimum Gasteiger partial charge on any atom is -0.378 e. The number of anilines is 3. The average Bonchev–Trinajstić information content (AvgIpc) is 2.79. The van der Waals surface area contributed by atoms with Gasteiger partial charge in [0.15, 0.2) is 5.13 Å². The second kappa shape index (κ2) is 5.15. The summed E-state index contributed by atoms with van der Waals surface area (Å²) in [5, 5.41) is 14.9. The number of halogens is 1. The summed E-state index contributed by atoms with van der Waals surface area (Å²) in [6.07, 6.45) is 0. The molecule has 0 unspecified atom stereocenters. The summed E-state index contributed by atoms with van der Waals surface area (Å²) < 4.78 is 0.930. The third-order valence-electron chi connectivity index (χ3n) is 2.68. The van der Waals surface area contributed by atoms with E-state index in [0.29, 0.717) is 16.0 Å². The summed E-state index contributed by atoms with van der Waals surface area (Å²) in [5.41, 5.74) is 6.13. The maximum atomic E-state index is 10.7. The lowest BCUT2D eigenvalue weighted by atomic mass is 10.3. The van der Waals surface area contributed by atoms with Crippen LogP contribution < -0.4 is 11.1 Å². The number of aromatic nitrogens is 2. The molecule has 0 aliphatic carbocycles. The van der Waals surface area contributed by atoms with Crippen LogP contribution in [0.3, 0.4) is 0 Å². The van der Waals surface area contributed by atoms with Gasteiger partial charge in [0.25, 0.3) is 0 Å². The lowest BCUT2D eigenvalue weighted by Gasteiger charge is -2.02. The molecule has 1 aromatic carbocycles. The van der Waals surface area contributed by atoms with E-state index >= 15 is 0 Å². The molecule has 0 fully saturated rings. The van der Waals surface area contributed by atoms with E-state index in [1.54, 1.807) is 6.07 Å². The van der Waals surface area contributed by atoms with E-state index in [9.17, 15) is 10.1 Å². The second-order valence-corrected chi connectivity index (χ2v) is 5.58. The Bertz CT molecular complexity index is 851. The molecule has 106 valence electrons. The van der Waals surface area contributed by atoms with Crippen LogP contribution >= 0.6 is 22.9 Å². The van der Waals surface area contributed by atoms with E-state index in [4.69, 9.17) is 17.3 Å². The number of fused-ring (bicyclic) bond motifs is 1. The maximum absolute atomic E-state index is 10.7. The first kappa shape index (κ1) is 13.5. The number of rotatable bonds is 3. The summed E-state index contributed by atoms with van der Waals surface area (Å²) >= 11 is 7.32. The minimum atomic E-state index is -0.578. The molecule has 3 rings (SSSR count). The van der Waals surface area contributed by atoms with Crippen molar-refractivity contribution in [1.82, 2.24) is 9.97 Å². The zero-order chi connectivity index (χ0) is 15.0. The molecule has 0 saturated heterocycles. The van der Waals surface area contributed by atoms with Gasteiger partial charge in [-0.15, -0.1) is 0 Å². The Morgan fingerprint density at radius 2 is 2.10 bits per heavy atom. The highest BCUT2D eigenvalue weighted by molar-refractivity contribution is 7.22. The molecule has 0 aliphatic rings. The molecule has 21 heavy (non-hydrogen) atoms. The van der Waals surface area contributed by atoms with Crippen molar-refractivity contribution in [3.63, 3.8) is 0 Å². The highest BCUT2D eigenvalue weighted by Gasteiger charge is 2.13. The zero-order valence-corrected chi connectivity index (χ0v) is 12.0. The second-order valence-electron chi connectivity index (χ2n) is 4.11. The number of pyridine rings is 1.